The standard InChI is InChI=1S/C48H74O18/c1-21-10-15-48(58-19-21)22(2)34-31(66-48)17-30-28-9-8-26-16-27(11-13-46(26,6)29(28)12-14-47(30,34)7)61-45-42(65-43-37(54)36(53)35(52)23(3)59-43)38(55)40(32(18-49)62-45)64-44-39(56)41(60-25(5)51)33(63-44)20-57-24(4)50/h8,21-23,27-45,49,52-56H,9-20H2,1-7H3/t21-,22+,23-,27+,28-,29+,30+,31+,32-,33-,34+,35-,36+,37+,38+,39+,40-,41-,42-,43-,44-,45-,46+,47+,48-/m1/s1. The van der Waals surface area contributed by atoms with Crippen LogP contribution in [0.4, 0.5) is 0 Å². The second-order valence-electron chi connectivity index (χ2n) is 21.8. The van der Waals surface area contributed by atoms with Crippen molar-refractivity contribution in [3.8, 4) is 0 Å². The molecule has 3 saturated carbocycles. The zero-order valence-corrected chi connectivity index (χ0v) is 39.3. The molecule has 0 unspecified atom stereocenters. The molecule has 8 fully saturated rings. The Morgan fingerprint density at radius 1 is 0.758 bits per heavy atom. The largest absolute Gasteiger partial charge is 0.463 e. The van der Waals surface area contributed by atoms with E-state index in [0.29, 0.717) is 48.3 Å². The first-order valence-electron chi connectivity index (χ1n) is 24.5. The fraction of sp³-hybridized carbons (Fsp3) is 0.917. The third kappa shape index (κ3) is 8.51. The van der Waals surface area contributed by atoms with Crippen LogP contribution in [0.2, 0.25) is 0 Å². The van der Waals surface area contributed by atoms with E-state index in [9.17, 15) is 40.2 Å². The molecule has 374 valence electrons. The summed E-state index contributed by atoms with van der Waals surface area (Å²) in [5, 5.41) is 66.2. The summed E-state index contributed by atoms with van der Waals surface area (Å²) in [5.41, 5.74) is 1.47. The van der Waals surface area contributed by atoms with Gasteiger partial charge in [-0.2, -0.15) is 0 Å². The molecule has 9 rings (SSSR count). The van der Waals surface area contributed by atoms with Gasteiger partial charge in [-0.1, -0.05) is 39.3 Å². The average molecular weight is 939 g/mol. The number of hydrogen-bond donors (Lipinski definition) is 6. The molecule has 0 aromatic carbocycles. The highest BCUT2D eigenvalue weighted by Gasteiger charge is 2.69. The molecule has 1 spiro atoms. The zero-order chi connectivity index (χ0) is 47.2. The van der Waals surface area contributed by atoms with Gasteiger partial charge in [-0.25, -0.2) is 0 Å². The Labute approximate surface area is 386 Å². The number of allylic oxidation sites excluding steroid dienone is 1. The van der Waals surface area contributed by atoms with Crippen molar-refractivity contribution in [2.75, 3.05) is 19.8 Å². The van der Waals surface area contributed by atoms with Crippen molar-refractivity contribution in [1.82, 2.24) is 0 Å². The minimum absolute atomic E-state index is 0.0416. The summed E-state index contributed by atoms with van der Waals surface area (Å²) in [7, 11) is 0. The molecule has 0 bridgehead atoms. The predicted molar refractivity (Wildman–Crippen MR) is 227 cm³/mol. The van der Waals surface area contributed by atoms with Crippen molar-refractivity contribution >= 4 is 11.9 Å². The number of aliphatic hydroxyl groups excluding tert-OH is 6. The maximum atomic E-state index is 12.2. The fourth-order valence-corrected chi connectivity index (χ4v) is 14.3. The van der Waals surface area contributed by atoms with Gasteiger partial charge < -0.3 is 78.0 Å². The molecule has 0 aromatic rings. The normalized spacial score (nSPS) is 53.3. The summed E-state index contributed by atoms with van der Waals surface area (Å²) in [6.45, 7) is 13.1. The topological polar surface area (TPSA) is 248 Å². The van der Waals surface area contributed by atoms with Gasteiger partial charge in [0.1, 0.15) is 61.5 Å². The van der Waals surface area contributed by atoms with E-state index in [1.807, 2.05) is 0 Å². The Balaban J connectivity index is 0.914. The monoisotopic (exact) mass is 938 g/mol. The molecule has 6 N–H and O–H groups in total. The molecule has 0 aromatic heterocycles. The molecule has 0 amide bonds. The molecule has 5 saturated heterocycles. The molecule has 18 nitrogen and oxygen atoms in total. The molecule has 66 heavy (non-hydrogen) atoms. The van der Waals surface area contributed by atoms with Crippen molar-refractivity contribution in [1.29, 1.82) is 0 Å². The van der Waals surface area contributed by atoms with Gasteiger partial charge >= 0.3 is 11.9 Å². The second-order valence-corrected chi connectivity index (χ2v) is 21.8. The summed E-state index contributed by atoms with van der Waals surface area (Å²) in [4.78, 5) is 23.6. The van der Waals surface area contributed by atoms with E-state index < -0.39 is 110 Å². The van der Waals surface area contributed by atoms with Gasteiger partial charge in [-0.3, -0.25) is 9.59 Å². The van der Waals surface area contributed by atoms with Crippen LogP contribution in [0.3, 0.4) is 0 Å². The fourth-order valence-electron chi connectivity index (χ4n) is 14.3. The Hall–Kier alpha value is -1.88. The van der Waals surface area contributed by atoms with Gasteiger partial charge in [0.25, 0.3) is 0 Å². The van der Waals surface area contributed by atoms with Crippen LogP contribution in [0.5, 0.6) is 0 Å². The van der Waals surface area contributed by atoms with E-state index in [1.54, 1.807) is 0 Å². The van der Waals surface area contributed by atoms with Crippen LogP contribution in [0.15, 0.2) is 11.6 Å². The van der Waals surface area contributed by atoms with Gasteiger partial charge in [0.2, 0.25) is 0 Å². The van der Waals surface area contributed by atoms with Crippen LogP contribution in [0.1, 0.15) is 106 Å². The number of esters is 2. The smallest absolute Gasteiger partial charge is 0.303 e. The molecule has 9 aliphatic rings. The van der Waals surface area contributed by atoms with Gasteiger partial charge in [-0.05, 0) is 98.7 Å². The molecular formula is C48H74O18. The SMILES string of the molecule is CC(=O)OC[C@H]1O[C@H](O[C@H]2[C@H](O)[C@@H](O[C@H]3O[C@H](C)[C@@H](O)[C@H](O)[C@@H]3O)[C@H](O[C@H]3CC[C@@]4(C)C(=CC[C@H]5[C@@H]6C[C@@H]7O[C@]8(CC[C@@H](C)CO8)[C@@H](C)[C@@H]7[C@@]6(C)CC[C@@H]54)C3)O[C@@H]2CO)[C@@H](O)[C@@H]1OC(C)=O. The van der Waals surface area contributed by atoms with E-state index in [-0.39, 0.29) is 29.6 Å². The van der Waals surface area contributed by atoms with Crippen LogP contribution in [0, 0.1) is 46.3 Å². The minimum atomic E-state index is -1.74. The number of hydrogen-bond acceptors (Lipinski definition) is 18. The zero-order valence-electron chi connectivity index (χ0n) is 39.3. The Morgan fingerprint density at radius 3 is 2.18 bits per heavy atom. The molecular weight excluding hydrogens is 865 g/mol. The predicted octanol–water partition coefficient (Wildman–Crippen LogP) is 1.99. The summed E-state index contributed by atoms with van der Waals surface area (Å²) >= 11 is 0. The first-order chi connectivity index (χ1) is 31.3. The number of rotatable bonds is 10. The quantitative estimate of drug-likeness (QED) is 0.135. The third-order valence-corrected chi connectivity index (χ3v) is 17.9. The Kier molecular flexibility index (Phi) is 13.9. The molecule has 18 heteroatoms. The van der Waals surface area contributed by atoms with Crippen LogP contribution in [0.25, 0.3) is 0 Å². The summed E-state index contributed by atoms with van der Waals surface area (Å²) in [6, 6.07) is 0. The lowest BCUT2D eigenvalue weighted by molar-refractivity contribution is -0.380. The highest BCUT2D eigenvalue weighted by atomic mass is 16.8. The van der Waals surface area contributed by atoms with Gasteiger partial charge in [0.15, 0.2) is 30.8 Å². The van der Waals surface area contributed by atoms with Crippen LogP contribution >= 0.6 is 0 Å². The van der Waals surface area contributed by atoms with Crippen LogP contribution < -0.4 is 0 Å². The minimum Gasteiger partial charge on any atom is -0.463 e. The van der Waals surface area contributed by atoms with E-state index in [2.05, 4.69) is 33.8 Å². The Morgan fingerprint density at radius 2 is 1.48 bits per heavy atom. The number of ether oxygens (including phenoxy) is 10. The van der Waals surface area contributed by atoms with Crippen molar-refractivity contribution in [2.24, 2.45) is 46.3 Å². The number of carbonyl (C=O) groups excluding carboxylic acids is 2. The van der Waals surface area contributed by atoms with Crippen molar-refractivity contribution in [2.45, 2.75) is 210 Å². The number of aliphatic hydroxyl groups is 6. The maximum absolute atomic E-state index is 12.2. The summed E-state index contributed by atoms with van der Waals surface area (Å²) in [5.74, 6) is 1.16. The lowest BCUT2D eigenvalue weighted by Gasteiger charge is -2.58. The Bertz CT molecular complexity index is 1790. The van der Waals surface area contributed by atoms with Crippen LogP contribution in [-0.2, 0) is 57.0 Å². The molecule has 5 aliphatic heterocycles. The average Bonchev–Trinajstić information content (AvgIpc) is 3.84. The van der Waals surface area contributed by atoms with E-state index in [0.717, 1.165) is 58.5 Å². The lowest BCUT2D eigenvalue weighted by atomic mass is 9.47. The third-order valence-electron chi connectivity index (χ3n) is 17.9. The van der Waals surface area contributed by atoms with E-state index in [4.69, 9.17) is 47.4 Å². The van der Waals surface area contributed by atoms with Gasteiger partial charge in [-0.15, -0.1) is 0 Å². The summed E-state index contributed by atoms with van der Waals surface area (Å²) < 4.78 is 61.0. The maximum Gasteiger partial charge on any atom is 0.303 e. The number of carbonyl (C=O) groups is 2. The molecule has 5 heterocycles. The molecule has 4 aliphatic carbocycles. The lowest BCUT2D eigenvalue weighted by Crippen LogP contribution is -2.65. The van der Waals surface area contributed by atoms with E-state index >= 15 is 0 Å². The van der Waals surface area contributed by atoms with E-state index in [1.165, 1.54) is 19.4 Å². The van der Waals surface area contributed by atoms with Crippen molar-refractivity contribution < 1.29 is 87.6 Å². The van der Waals surface area contributed by atoms with Crippen LogP contribution in [-0.4, -0.2) is 166 Å². The first kappa shape index (κ1) is 49.1. The molecule has 25 atom stereocenters. The van der Waals surface area contributed by atoms with Gasteiger partial charge in [0.05, 0.1) is 31.5 Å². The second kappa shape index (κ2) is 18.7. The highest BCUT2D eigenvalue weighted by Crippen LogP contribution is 2.70. The van der Waals surface area contributed by atoms with Gasteiger partial charge in [0, 0.05) is 26.2 Å². The highest BCUT2D eigenvalue weighted by molar-refractivity contribution is 5.66. The van der Waals surface area contributed by atoms with Crippen molar-refractivity contribution in [3.05, 3.63) is 11.6 Å². The van der Waals surface area contributed by atoms with Crippen molar-refractivity contribution in [3.63, 3.8) is 0 Å². The first-order valence-corrected chi connectivity index (χ1v) is 24.5. The number of fused-ring (bicyclic) bond motifs is 7. The molecule has 0 radical (unpaired) electrons. The summed E-state index contributed by atoms with van der Waals surface area (Å²) in [6.07, 6.45) is -9.42.